The van der Waals surface area contributed by atoms with E-state index in [1.165, 1.54) is 51.4 Å². The Bertz CT molecular complexity index is 727. The molecule has 31 heavy (non-hydrogen) atoms. The predicted molar refractivity (Wildman–Crippen MR) is 111 cm³/mol. The van der Waals surface area contributed by atoms with E-state index in [1.807, 2.05) is 7.05 Å². The van der Waals surface area contributed by atoms with Crippen molar-refractivity contribution in [2.45, 2.75) is 89.3 Å². The molecule has 1 aromatic heterocycles. The number of hydrogen-bond donors (Lipinski definition) is 1. The molecule has 0 aliphatic carbocycles. The molecule has 1 heterocycles. The molecule has 1 rings (SSSR count). The summed E-state index contributed by atoms with van der Waals surface area (Å²) in [7, 11) is -12.9. The van der Waals surface area contributed by atoms with E-state index in [2.05, 4.69) is 6.92 Å². The van der Waals surface area contributed by atoms with Crippen LogP contribution in [0.4, 0.5) is 25.2 Å². The van der Waals surface area contributed by atoms with Crippen LogP contribution >= 0.6 is 7.81 Å². The van der Waals surface area contributed by atoms with Crippen molar-refractivity contribution in [3.63, 3.8) is 0 Å². The molecule has 0 aliphatic heterocycles. The zero-order chi connectivity index (χ0) is 24.2. The fourth-order valence-electron chi connectivity index (χ4n) is 3.07. The molecule has 5 nitrogen and oxygen atoms in total. The zero-order valence-electron chi connectivity index (χ0n) is 18.1. The number of hydrogen-bond acceptors (Lipinski definition) is 2. The van der Waals surface area contributed by atoms with Crippen molar-refractivity contribution in [1.82, 2.24) is 4.57 Å². The Hall–Kier alpha value is -0.870. The third-order valence-electron chi connectivity index (χ3n) is 4.52. The van der Waals surface area contributed by atoms with Crippen LogP contribution in [-0.2, 0) is 17.2 Å². The van der Waals surface area contributed by atoms with Crippen LogP contribution < -0.4 is 4.57 Å². The van der Waals surface area contributed by atoms with E-state index in [4.69, 9.17) is 0 Å². The summed E-state index contributed by atoms with van der Waals surface area (Å²) in [5, 5.41) is -0.864. The molecular formula is C18H35F6N2O3PS. The fraction of sp³-hybridized carbons (Fsp3) is 0.833. The van der Waals surface area contributed by atoms with E-state index >= 15 is 0 Å². The Labute approximate surface area is 180 Å². The van der Waals surface area contributed by atoms with Crippen molar-refractivity contribution in [3.05, 3.63) is 18.7 Å². The van der Waals surface area contributed by atoms with Gasteiger partial charge in [-0.15, -0.1) is 0 Å². The first-order valence-corrected chi connectivity index (χ1v) is 14.0. The summed E-state index contributed by atoms with van der Waals surface area (Å²) in [6.07, 6.45) is 19.2. The Morgan fingerprint density at radius 1 is 0.871 bits per heavy atom. The minimum absolute atomic E-state index is 0.463. The summed E-state index contributed by atoms with van der Waals surface area (Å²) in [5.41, 5.74) is 0. The Balaban J connectivity index is 0.00000110. The first kappa shape index (κ1) is 30.1. The van der Waals surface area contributed by atoms with E-state index in [9.17, 15) is 38.2 Å². The predicted octanol–water partition coefficient (Wildman–Crippen LogP) is 7.78. The van der Waals surface area contributed by atoms with Gasteiger partial charge in [-0.25, -0.2) is 9.13 Å². The van der Waals surface area contributed by atoms with Gasteiger partial charge in [0.15, 0.2) is 0 Å². The van der Waals surface area contributed by atoms with E-state index in [1.54, 1.807) is 27.9 Å². The van der Waals surface area contributed by atoms with E-state index in [0.717, 1.165) is 19.3 Å². The van der Waals surface area contributed by atoms with Crippen LogP contribution in [-0.4, -0.2) is 17.5 Å². The Kier molecular flexibility index (Phi) is 11.5. The normalized spacial score (nSPS) is 15.5. The van der Waals surface area contributed by atoms with Gasteiger partial charge in [0.05, 0.1) is 7.05 Å². The average Bonchev–Trinajstić information content (AvgIpc) is 2.97. The molecule has 1 N–H and O–H groups in total. The molecule has 13 heteroatoms. The van der Waals surface area contributed by atoms with E-state index in [-0.39, 0.29) is 0 Å². The van der Waals surface area contributed by atoms with Gasteiger partial charge in [0.1, 0.15) is 12.4 Å². The molecule has 0 aliphatic rings. The molecule has 0 radical (unpaired) electrons. The van der Waals surface area contributed by atoms with Gasteiger partial charge in [0, 0.05) is 6.42 Å². The van der Waals surface area contributed by atoms with E-state index in [0.29, 0.717) is 6.42 Å². The summed E-state index contributed by atoms with van der Waals surface area (Å²) in [6.45, 7) is 2.24. The van der Waals surface area contributed by atoms with Crippen molar-refractivity contribution in [2.75, 3.05) is 0 Å². The number of imidazole rings is 1. The molecule has 0 amide bonds. The summed E-state index contributed by atoms with van der Waals surface area (Å²) in [5.74, 6) is 0. The summed E-state index contributed by atoms with van der Waals surface area (Å²) in [4.78, 5) is 0. The van der Waals surface area contributed by atoms with Crippen LogP contribution in [0, 0.1) is 0 Å². The van der Waals surface area contributed by atoms with Gasteiger partial charge in [0.25, 0.3) is 0 Å². The van der Waals surface area contributed by atoms with Crippen molar-refractivity contribution in [1.29, 1.82) is 0 Å². The second kappa shape index (κ2) is 11.8. The molecule has 0 spiro atoms. The molecule has 0 saturated heterocycles. The first-order valence-electron chi connectivity index (χ1n) is 10.5. The topological polar surface area (TPSA) is 63.2 Å². The Morgan fingerprint density at radius 3 is 1.58 bits per heavy atom. The van der Waals surface area contributed by atoms with Gasteiger partial charge in [0.2, 0.25) is 11.7 Å². The van der Waals surface area contributed by atoms with Gasteiger partial charge in [-0.3, -0.25) is 4.55 Å². The van der Waals surface area contributed by atoms with Crippen molar-refractivity contribution >= 4 is 17.9 Å². The molecule has 1 atom stereocenters. The van der Waals surface area contributed by atoms with Crippen LogP contribution in [0.15, 0.2) is 18.7 Å². The van der Waals surface area contributed by atoms with Crippen molar-refractivity contribution in [3.8, 4) is 0 Å². The summed E-state index contributed by atoms with van der Waals surface area (Å²) in [6, 6.07) is 0. The zero-order valence-corrected chi connectivity index (χ0v) is 19.8. The average molecular weight is 505 g/mol. The van der Waals surface area contributed by atoms with Gasteiger partial charge in [-0.2, -0.15) is 8.42 Å². The third-order valence-corrected chi connectivity index (χ3v) is 5.69. The molecule has 0 bridgehead atoms. The second-order valence-electron chi connectivity index (χ2n) is 7.78. The van der Waals surface area contributed by atoms with Crippen molar-refractivity contribution in [2.24, 2.45) is 7.05 Å². The van der Waals surface area contributed by atoms with Crippen LogP contribution in [0.3, 0.4) is 0 Å². The molecule has 0 saturated carbocycles. The molecule has 0 aromatic carbocycles. The number of rotatable bonds is 14. The quantitative estimate of drug-likeness (QED) is 0.0925. The molecular weight excluding hydrogens is 469 g/mol. The van der Waals surface area contributed by atoms with Gasteiger partial charge < -0.3 is 0 Å². The first-order chi connectivity index (χ1) is 13.9. The van der Waals surface area contributed by atoms with Crippen LogP contribution in [0.1, 0.15) is 89.3 Å². The van der Waals surface area contributed by atoms with Gasteiger partial charge >= 0.3 is 43.1 Å². The maximum atomic E-state index is 11.6. The molecule has 0 fully saturated rings. The van der Waals surface area contributed by atoms with Gasteiger partial charge in [-0.05, 0) is 6.42 Å². The van der Waals surface area contributed by atoms with Crippen molar-refractivity contribution < 1.29 is 42.7 Å². The van der Waals surface area contributed by atoms with Crippen LogP contribution in [0.2, 0.25) is 0 Å². The van der Waals surface area contributed by atoms with Crippen LogP contribution in [0.25, 0.3) is 0 Å². The third kappa shape index (κ3) is 22.1. The minimum atomic E-state index is -10.7. The molecule has 1 aromatic rings. The summed E-state index contributed by atoms with van der Waals surface area (Å²) < 4.78 is 95.1. The van der Waals surface area contributed by atoms with Crippen LogP contribution in [0.5, 0.6) is 0 Å². The fourth-order valence-corrected chi connectivity index (χ4v) is 3.97. The number of aryl methyl sites for hydroxylation is 1. The molecule has 1 unspecified atom stereocenters. The molecule has 188 valence electrons. The van der Waals surface area contributed by atoms with E-state index < -0.39 is 23.3 Å². The number of halogens is 6. The standard InChI is InChI=1S/C18H34N2O3S.F6P/c1-3-4-5-6-7-8-9-10-11-12-13-14-18(24(21,22)23)20-16-15-19(2)17-20;1-7(2,3,4,5)6/h15-18H,3-14H2,1-2H3;/q;-1/p+1. The monoisotopic (exact) mass is 504 g/mol. The second-order valence-corrected chi connectivity index (χ2v) is 11.3. The number of aromatic nitrogens is 2. The maximum absolute atomic E-state index is 11.6. The van der Waals surface area contributed by atoms with Gasteiger partial charge in [-0.1, -0.05) is 71.1 Å². The Morgan fingerprint density at radius 2 is 1.26 bits per heavy atom. The number of nitrogens with zero attached hydrogens (tertiary/aromatic N) is 2. The number of unbranched alkanes of at least 4 members (excludes halogenated alkanes) is 10. The SMILES string of the molecule is CCCCCCCCCCCCCC([n+]1ccn(C)c1)S(=O)(=O)O.F[P-](F)(F)(F)(F)F. The summed E-state index contributed by atoms with van der Waals surface area (Å²) >= 11 is 0.